The second-order valence-electron chi connectivity index (χ2n) is 5.87. The van der Waals surface area contributed by atoms with Gasteiger partial charge in [-0.15, -0.1) is 10.2 Å². The number of hydrogen-bond donors (Lipinski definition) is 1. The van der Waals surface area contributed by atoms with Gasteiger partial charge in [-0.05, 0) is 44.5 Å². The largest absolute Gasteiger partial charge is 0.461 e. The van der Waals surface area contributed by atoms with E-state index in [-0.39, 0.29) is 0 Å². The average molecular weight is 329 g/mol. The SMILES string of the molecule is CC(C)(O)CCSc1nnc(-c2ccco2)n1-c1ccccc1. The molecule has 0 amide bonds. The Morgan fingerprint density at radius 1 is 1.13 bits per heavy atom. The maximum absolute atomic E-state index is 9.87. The number of hydrogen-bond acceptors (Lipinski definition) is 5. The van der Waals surface area contributed by atoms with Crippen LogP contribution in [0.4, 0.5) is 0 Å². The summed E-state index contributed by atoms with van der Waals surface area (Å²) in [5.74, 6) is 2.11. The number of aromatic nitrogens is 3. The minimum absolute atomic E-state index is 0.673. The van der Waals surface area contributed by atoms with Gasteiger partial charge in [0, 0.05) is 11.4 Å². The number of aliphatic hydroxyl groups is 1. The average Bonchev–Trinajstić information content (AvgIpc) is 3.15. The summed E-state index contributed by atoms with van der Waals surface area (Å²) in [5.41, 5.74) is 0.295. The molecule has 1 N–H and O–H groups in total. The Morgan fingerprint density at radius 2 is 1.91 bits per heavy atom. The maximum atomic E-state index is 9.87. The first-order valence-corrected chi connectivity index (χ1v) is 8.43. The van der Waals surface area contributed by atoms with Crippen LogP contribution in [0.2, 0.25) is 0 Å². The van der Waals surface area contributed by atoms with Crippen LogP contribution in [-0.2, 0) is 0 Å². The summed E-state index contributed by atoms with van der Waals surface area (Å²) in [6.45, 7) is 3.62. The van der Waals surface area contributed by atoms with Crippen LogP contribution in [0.25, 0.3) is 17.3 Å². The topological polar surface area (TPSA) is 64.1 Å². The summed E-state index contributed by atoms with van der Waals surface area (Å²) in [7, 11) is 0. The van der Waals surface area contributed by atoms with Crippen molar-refractivity contribution in [3.63, 3.8) is 0 Å². The number of benzene rings is 1. The molecule has 120 valence electrons. The lowest BCUT2D eigenvalue weighted by atomic mass is 10.1. The van der Waals surface area contributed by atoms with E-state index in [9.17, 15) is 5.11 Å². The number of thioether (sulfide) groups is 1. The molecule has 0 saturated heterocycles. The third kappa shape index (κ3) is 3.83. The smallest absolute Gasteiger partial charge is 0.205 e. The van der Waals surface area contributed by atoms with Gasteiger partial charge in [-0.2, -0.15) is 0 Å². The lowest BCUT2D eigenvalue weighted by Crippen LogP contribution is -2.19. The summed E-state index contributed by atoms with van der Waals surface area (Å²) >= 11 is 1.57. The number of nitrogens with zero attached hydrogens (tertiary/aromatic N) is 3. The Hall–Kier alpha value is -2.05. The van der Waals surface area contributed by atoms with Crippen LogP contribution >= 0.6 is 11.8 Å². The number of para-hydroxylation sites is 1. The quantitative estimate of drug-likeness (QED) is 0.697. The maximum Gasteiger partial charge on any atom is 0.205 e. The van der Waals surface area contributed by atoms with Crippen LogP contribution in [0, 0.1) is 0 Å². The molecular weight excluding hydrogens is 310 g/mol. The van der Waals surface area contributed by atoms with Crippen molar-refractivity contribution in [2.75, 3.05) is 5.75 Å². The van der Waals surface area contributed by atoms with Crippen LogP contribution in [-0.4, -0.2) is 31.2 Å². The van der Waals surface area contributed by atoms with Crippen LogP contribution in [0.1, 0.15) is 20.3 Å². The molecule has 0 bridgehead atoms. The molecule has 3 rings (SSSR count). The number of furan rings is 1. The Balaban J connectivity index is 1.94. The molecule has 6 heteroatoms. The molecule has 1 aromatic carbocycles. The van der Waals surface area contributed by atoms with Gasteiger partial charge >= 0.3 is 0 Å². The van der Waals surface area contributed by atoms with Crippen LogP contribution < -0.4 is 0 Å². The van der Waals surface area contributed by atoms with Crippen LogP contribution in [0.15, 0.2) is 58.3 Å². The standard InChI is InChI=1S/C17H19N3O2S/c1-17(2,21)10-12-23-16-19-18-15(14-9-6-11-22-14)20(16)13-7-4-3-5-8-13/h3-9,11,21H,10,12H2,1-2H3. The zero-order valence-electron chi connectivity index (χ0n) is 13.1. The molecule has 0 spiro atoms. The second-order valence-corrected chi connectivity index (χ2v) is 6.93. The van der Waals surface area contributed by atoms with Crippen molar-refractivity contribution >= 4 is 11.8 Å². The Kier molecular flexibility index (Phi) is 4.54. The van der Waals surface area contributed by atoms with Crippen molar-refractivity contribution in [2.24, 2.45) is 0 Å². The Morgan fingerprint density at radius 3 is 2.57 bits per heavy atom. The summed E-state index contributed by atoms with van der Waals surface area (Å²) in [6, 6.07) is 13.7. The predicted octanol–water partition coefficient (Wildman–Crippen LogP) is 3.78. The molecular formula is C17H19N3O2S. The van der Waals surface area contributed by atoms with Gasteiger partial charge in [-0.3, -0.25) is 4.57 Å². The normalized spacial score (nSPS) is 11.8. The minimum Gasteiger partial charge on any atom is -0.461 e. The van der Waals surface area contributed by atoms with E-state index in [0.29, 0.717) is 18.0 Å². The highest BCUT2D eigenvalue weighted by Gasteiger charge is 2.19. The molecule has 23 heavy (non-hydrogen) atoms. The van der Waals surface area contributed by atoms with Gasteiger partial charge in [0.15, 0.2) is 10.9 Å². The fourth-order valence-corrected chi connectivity index (χ4v) is 3.33. The lowest BCUT2D eigenvalue weighted by molar-refractivity contribution is 0.0777. The molecule has 0 aliphatic carbocycles. The van der Waals surface area contributed by atoms with Gasteiger partial charge in [0.1, 0.15) is 0 Å². The van der Waals surface area contributed by atoms with Crippen molar-refractivity contribution in [3.05, 3.63) is 48.7 Å². The van der Waals surface area contributed by atoms with E-state index in [4.69, 9.17) is 4.42 Å². The van der Waals surface area contributed by atoms with E-state index in [0.717, 1.165) is 16.6 Å². The molecule has 0 aliphatic heterocycles. The van der Waals surface area contributed by atoms with Crippen molar-refractivity contribution < 1.29 is 9.52 Å². The molecule has 0 fully saturated rings. The molecule has 0 unspecified atom stereocenters. The molecule has 2 heterocycles. The molecule has 0 atom stereocenters. The Bertz CT molecular complexity index is 746. The highest BCUT2D eigenvalue weighted by Crippen LogP contribution is 2.29. The third-order valence-electron chi connectivity index (χ3n) is 3.33. The van der Waals surface area contributed by atoms with Gasteiger partial charge in [-0.25, -0.2) is 0 Å². The van der Waals surface area contributed by atoms with E-state index in [1.807, 2.05) is 60.9 Å². The van der Waals surface area contributed by atoms with Gasteiger partial charge in [0.05, 0.1) is 11.9 Å². The summed E-state index contributed by atoms with van der Waals surface area (Å²) in [5, 5.41) is 19.2. The molecule has 0 radical (unpaired) electrons. The fourth-order valence-electron chi connectivity index (χ4n) is 2.13. The Labute approximate surface area is 139 Å². The molecule has 5 nitrogen and oxygen atoms in total. The molecule has 3 aromatic rings. The van der Waals surface area contributed by atoms with Crippen molar-refractivity contribution in [3.8, 4) is 17.3 Å². The fraction of sp³-hybridized carbons (Fsp3) is 0.294. The highest BCUT2D eigenvalue weighted by molar-refractivity contribution is 7.99. The highest BCUT2D eigenvalue weighted by atomic mass is 32.2. The van der Waals surface area contributed by atoms with Gasteiger partial charge < -0.3 is 9.52 Å². The first-order valence-electron chi connectivity index (χ1n) is 7.44. The molecule has 2 aromatic heterocycles. The first-order chi connectivity index (χ1) is 11.0. The van der Waals surface area contributed by atoms with Gasteiger partial charge in [0.25, 0.3) is 0 Å². The zero-order chi connectivity index (χ0) is 16.3. The predicted molar refractivity (Wildman–Crippen MR) is 90.7 cm³/mol. The third-order valence-corrected chi connectivity index (χ3v) is 4.27. The summed E-state index contributed by atoms with van der Waals surface area (Å²) in [4.78, 5) is 0. The zero-order valence-corrected chi connectivity index (χ0v) is 14.0. The monoisotopic (exact) mass is 329 g/mol. The van der Waals surface area contributed by atoms with Crippen molar-refractivity contribution in [1.29, 1.82) is 0 Å². The summed E-state index contributed by atoms with van der Waals surface area (Å²) < 4.78 is 7.46. The van der Waals surface area contributed by atoms with Crippen molar-refractivity contribution in [2.45, 2.75) is 31.0 Å². The van der Waals surface area contributed by atoms with E-state index < -0.39 is 5.60 Å². The lowest BCUT2D eigenvalue weighted by Gasteiger charge is -2.16. The van der Waals surface area contributed by atoms with E-state index in [1.165, 1.54) is 0 Å². The molecule has 0 saturated carbocycles. The van der Waals surface area contributed by atoms with Gasteiger partial charge in [-0.1, -0.05) is 30.0 Å². The second kappa shape index (κ2) is 6.60. The van der Waals surface area contributed by atoms with Crippen molar-refractivity contribution in [1.82, 2.24) is 14.8 Å². The van der Waals surface area contributed by atoms with Gasteiger partial charge in [0.2, 0.25) is 5.82 Å². The van der Waals surface area contributed by atoms with Crippen LogP contribution in [0.5, 0.6) is 0 Å². The minimum atomic E-state index is -0.686. The van der Waals surface area contributed by atoms with Crippen LogP contribution in [0.3, 0.4) is 0 Å². The summed E-state index contributed by atoms with van der Waals surface area (Å²) in [6.07, 6.45) is 2.30. The molecule has 0 aliphatic rings. The van der Waals surface area contributed by atoms with E-state index >= 15 is 0 Å². The number of rotatable bonds is 6. The van der Waals surface area contributed by atoms with E-state index in [2.05, 4.69) is 10.2 Å². The first kappa shape index (κ1) is 15.8. The van der Waals surface area contributed by atoms with E-state index in [1.54, 1.807) is 18.0 Å².